The molecule has 3 N–H and O–H groups in total. The molecule has 1 atom stereocenters. The summed E-state index contributed by atoms with van der Waals surface area (Å²) in [6, 6.07) is 6.26. The van der Waals surface area contributed by atoms with E-state index in [2.05, 4.69) is 10.3 Å². The maximum atomic E-state index is 13.6. The molecule has 0 spiro atoms. The second kappa shape index (κ2) is 10.2. The molecule has 0 radical (unpaired) electrons. The summed E-state index contributed by atoms with van der Waals surface area (Å²) in [6.07, 6.45) is 2.08. The molecule has 0 saturated heterocycles. The summed E-state index contributed by atoms with van der Waals surface area (Å²) in [5.41, 5.74) is 5.79. The van der Waals surface area contributed by atoms with Crippen molar-refractivity contribution in [3.63, 3.8) is 0 Å². The van der Waals surface area contributed by atoms with Crippen LogP contribution in [0.2, 0.25) is 0 Å². The Morgan fingerprint density at radius 3 is 2.74 bits per heavy atom. The first-order valence-electron chi connectivity index (χ1n) is 6.79. The Bertz CT molecular complexity index is 622. The number of benzene rings is 1. The average molecular weight is 364 g/mol. The van der Waals surface area contributed by atoms with Gasteiger partial charge in [-0.2, -0.15) is 0 Å². The third kappa shape index (κ3) is 6.17. The van der Waals surface area contributed by atoms with Crippen LogP contribution in [0.1, 0.15) is 19.2 Å². The van der Waals surface area contributed by atoms with E-state index in [1.54, 1.807) is 18.2 Å². The molecule has 128 valence electrons. The lowest BCUT2D eigenvalue weighted by molar-refractivity contribution is -0.121. The minimum atomic E-state index is -0.366. The summed E-state index contributed by atoms with van der Waals surface area (Å²) in [7, 11) is 0. The normalized spacial score (nSPS) is 11.1. The van der Waals surface area contributed by atoms with E-state index in [0.29, 0.717) is 30.2 Å². The number of nitrogens with zero attached hydrogens (tertiary/aromatic N) is 1. The molecule has 1 amide bonds. The minimum absolute atomic E-state index is 0. The fraction of sp³-hybridized carbons (Fsp3) is 0.333. The first-order valence-corrected chi connectivity index (χ1v) is 6.79. The Morgan fingerprint density at radius 2 is 2.09 bits per heavy atom. The van der Waals surface area contributed by atoms with Crippen molar-refractivity contribution in [3.8, 4) is 11.3 Å². The van der Waals surface area contributed by atoms with E-state index in [1.807, 2.05) is 6.92 Å². The van der Waals surface area contributed by atoms with Gasteiger partial charge in [0.2, 0.25) is 5.91 Å². The van der Waals surface area contributed by atoms with Gasteiger partial charge < -0.3 is 15.5 Å². The van der Waals surface area contributed by atoms with Crippen LogP contribution in [0, 0.1) is 5.82 Å². The summed E-state index contributed by atoms with van der Waals surface area (Å²) < 4.78 is 19.1. The number of amides is 1. The van der Waals surface area contributed by atoms with E-state index in [9.17, 15) is 9.18 Å². The number of carbonyl (C=O) groups is 1. The van der Waals surface area contributed by atoms with Crippen molar-refractivity contribution in [2.45, 2.75) is 25.8 Å². The standard InChI is InChI=1S/C15H18FN3O2.2ClH/c1-10(8-17)19-14(20)6-7-15-18-9-13(21-15)11-4-2-3-5-12(11)16;;/h2-5,9-10H,6-8,17H2,1H3,(H,19,20);2*1H/t10-;;/m0../s1. The smallest absolute Gasteiger partial charge is 0.220 e. The number of halogens is 3. The van der Waals surface area contributed by atoms with Gasteiger partial charge in [0, 0.05) is 25.4 Å². The molecular weight excluding hydrogens is 344 g/mol. The van der Waals surface area contributed by atoms with Gasteiger partial charge in [-0.1, -0.05) is 12.1 Å². The molecule has 23 heavy (non-hydrogen) atoms. The maximum absolute atomic E-state index is 13.6. The molecule has 8 heteroatoms. The molecule has 0 bridgehead atoms. The van der Waals surface area contributed by atoms with Crippen molar-refractivity contribution in [1.82, 2.24) is 10.3 Å². The lowest BCUT2D eigenvalue weighted by Gasteiger charge is -2.10. The number of nitrogens with one attached hydrogen (secondary N) is 1. The van der Waals surface area contributed by atoms with Gasteiger partial charge in [0.25, 0.3) is 0 Å². The van der Waals surface area contributed by atoms with Crippen LogP contribution in [-0.2, 0) is 11.2 Å². The van der Waals surface area contributed by atoms with Gasteiger partial charge in [-0.05, 0) is 19.1 Å². The highest BCUT2D eigenvalue weighted by Crippen LogP contribution is 2.23. The van der Waals surface area contributed by atoms with Crippen LogP contribution in [0.4, 0.5) is 4.39 Å². The van der Waals surface area contributed by atoms with E-state index < -0.39 is 0 Å². The Morgan fingerprint density at radius 1 is 1.39 bits per heavy atom. The van der Waals surface area contributed by atoms with Crippen LogP contribution in [0.5, 0.6) is 0 Å². The fourth-order valence-corrected chi connectivity index (χ4v) is 1.84. The predicted octanol–water partition coefficient (Wildman–Crippen LogP) is 2.72. The van der Waals surface area contributed by atoms with Crippen molar-refractivity contribution >= 4 is 30.7 Å². The molecule has 2 aromatic rings. The van der Waals surface area contributed by atoms with Crippen LogP contribution >= 0.6 is 24.8 Å². The number of carbonyl (C=O) groups excluding carboxylic acids is 1. The molecule has 2 rings (SSSR count). The van der Waals surface area contributed by atoms with Crippen molar-refractivity contribution in [3.05, 3.63) is 42.2 Å². The number of aryl methyl sites for hydroxylation is 1. The highest BCUT2D eigenvalue weighted by Gasteiger charge is 2.12. The van der Waals surface area contributed by atoms with Gasteiger partial charge in [0.15, 0.2) is 11.7 Å². The van der Waals surface area contributed by atoms with E-state index >= 15 is 0 Å². The Kier molecular flexibility index (Phi) is 9.48. The highest BCUT2D eigenvalue weighted by molar-refractivity contribution is 5.85. The molecule has 1 aromatic heterocycles. The topological polar surface area (TPSA) is 81.1 Å². The van der Waals surface area contributed by atoms with Gasteiger partial charge in [0.1, 0.15) is 5.82 Å². The van der Waals surface area contributed by atoms with Gasteiger partial charge in [0.05, 0.1) is 11.8 Å². The second-order valence-corrected chi connectivity index (χ2v) is 4.80. The monoisotopic (exact) mass is 363 g/mol. The third-order valence-corrected chi connectivity index (χ3v) is 3.02. The summed E-state index contributed by atoms with van der Waals surface area (Å²) in [6.45, 7) is 2.22. The lowest BCUT2D eigenvalue weighted by Crippen LogP contribution is -2.37. The van der Waals surface area contributed by atoms with Gasteiger partial charge in [-0.25, -0.2) is 9.37 Å². The third-order valence-electron chi connectivity index (χ3n) is 3.02. The summed E-state index contributed by atoms with van der Waals surface area (Å²) >= 11 is 0. The Labute approximate surface area is 146 Å². The maximum Gasteiger partial charge on any atom is 0.220 e. The number of nitrogens with two attached hydrogens (primary N) is 1. The zero-order valence-corrected chi connectivity index (χ0v) is 14.3. The first-order chi connectivity index (χ1) is 10.1. The highest BCUT2D eigenvalue weighted by atomic mass is 35.5. The van der Waals surface area contributed by atoms with Crippen molar-refractivity contribution in [1.29, 1.82) is 0 Å². The number of hydrogen-bond acceptors (Lipinski definition) is 4. The van der Waals surface area contributed by atoms with Gasteiger partial charge >= 0.3 is 0 Å². The van der Waals surface area contributed by atoms with Crippen LogP contribution in [0.3, 0.4) is 0 Å². The Hall–Kier alpha value is -1.63. The molecule has 0 aliphatic carbocycles. The lowest BCUT2D eigenvalue weighted by atomic mass is 10.2. The molecule has 1 heterocycles. The van der Waals surface area contributed by atoms with E-state index in [0.717, 1.165) is 0 Å². The average Bonchev–Trinajstić information content (AvgIpc) is 2.94. The van der Waals surface area contributed by atoms with Crippen LogP contribution in [-0.4, -0.2) is 23.5 Å². The Balaban J connectivity index is 0.00000242. The first kappa shape index (κ1) is 21.4. The zero-order valence-electron chi connectivity index (χ0n) is 12.6. The van der Waals surface area contributed by atoms with Crippen molar-refractivity contribution in [2.24, 2.45) is 5.73 Å². The van der Waals surface area contributed by atoms with E-state index in [4.69, 9.17) is 10.2 Å². The van der Waals surface area contributed by atoms with Crippen LogP contribution in [0.15, 0.2) is 34.9 Å². The van der Waals surface area contributed by atoms with Crippen molar-refractivity contribution < 1.29 is 13.6 Å². The van der Waals surface area contributed by atoms with E-state index in [-0.39, 0.29) is 49.0 Å². The van der Waals surface area contributed by atoms with Crippen LogP contribution in [0.25, 0.3) is 11.3 Å². The molecule has 0 aliphatic rings. The molecule has 1 aromatic carbocycles. The molecule has 0 fully saturated rings. The number of aromatic nitrogens is 1. The second-order valence-electron chi connectivity index (χ2n) is 4.80. The summed E-state index contributed by atoms with van der Waals surface area (Å²) in [5.74, 6) is 0.288. The molecule has 0 unspecified atom stereocenters. The van der Waals surface area contributed by atoms with E-state index in [1.165, 1.54) is 12.3 Å². The van der Waals surface area contributed by atoms with Crippen molar-refractivity contribution in [2.75, 3.05) is 6.54 Å². The quantitative estimate of drug-likeness (QED) is 0.826. The molecule has 5 nitrogen and oxygen atoms in total. The number of oxazole rings is 1. The largest absolute Gasteiger partial charge is 0.441 e. The molecular formula is C15H20Cl2FN3O2. The molecule has 0 aliphatic heterocycles. The van der Waals surface area contributed by atoms with Gasteiger partial charge in [-0.3, -0.25) is 4.79 Å². The predicted molar refractivity (Wildman–Crippen MR) is 91.4 cm³/mol. The van der Waals surface area contributed by atoms with Gasteiger partial charge in [-0.15, -0.1) is 24.8 Å². The number of rotatable bonds is 6. The molecule has 0 saturated carbocycles. The zero-order chi connectivity index (χ0) is 15.2. The minimum Gasteiger partial charge on any atom is -0.441 e. The SMILES string of the molecule is C[C@@H](CN)NC(=O)CCc1ncc(-c2ccccc2F)o1.Cl.Cl. The summed E-state index contributed by atoms with van der Waals surface area (Å²) in [4.78, 5) is 15.7. The summed E-state index contributed by atoms with van der Waals surface area (Å²) in [5, 5.41) is 2.75. The van der Waals surface area contributed by atoms with Crippen LogP contribution < -0.4 is 11.1 Å². The number of hydrogen-bond donors (Lipinski definition) is 2. The fourth-order valence-electron chi connectivity index (χ4n) is 1.84.